The molecule has 0 aliphatic heterocycles. The quantitative estimate of drug-likeness (QED) is 0.536. The second-order valence-electron chi connectivity index (χ2n) is 5.68. The minimum Gasteiger partial charge on any atom is -0.391 e. The van der Waals surface area contributed by atoms with Gasteiger partial charge in [-0.2, -0.15) is 21.6 Å². The smallest absolute Gasteiger partial charge is 0.391 e. The molecule has 0 atom stereocenters. The topological polar surface area (TPSA) is 67.8 Å². The Morgan fingerprint density at radius 1 is 1.19 bits per heavy atom. The third-order valence-electron chi connectivity index (χ3n) is 3.46. The van der Waals surface area contributed by atoms with Gasteiger partial charge in [0.05, 0.1) is 11.4 Å². The Morgan fingerprint density at radius 3 is 2.41 bits per heavy atom. The Balaban J connectivity index is 2.23. The molecule has 2 aromatic carbocycles. The molecule has 0 heterocycles. The summed E-state index contributed by atoms with van der Waals surface area (Å²) in [7, 11) is -5.55. The molecule has 0 unspecified atom stereocenters. The number of halogens is 4. The molecule has 5 nitrogen and oxygen atoms in total. The van der Waals surface area contributed by atoms with E-state index in [1.54, 1.807) is 35.9 Å². The normalized spacial score (nSPS) is 12.7. The van der Waals surface area contributed by atoms with Crippen molar-refractivity contribution in [2.75, 3.05) is 4.72 Å². The van der Waals surface area contributed by atoms with Gasteiger partial charge in [-0.25, -0.2) is 0 Å². The molecule has 0 fully saturated rings. The lowest BCUT2D eigenvalue weighted by Crippen LogP contribution is -2.30. The standard InChI is InChI=1S/C17H16ClF3N2O3S/c1-11-3-8-16(23-27(24,25)17(19,20)21)15(9-11)12(2)22-26-10-13-4-6-14(18)7-5-13/h3-9,23H,10H2,1-2H3/b22-12+. The number of nitrogens with zero attached hydrogens (tertiary/aromatic N) is 1. The second kappa shape index (κ2) is 8.18. The van der Waals surface area contributed by atoms with E-state index in [0.29, 0.717) is 10.6 Å². The zero-order valence-electron chi connectivity index (χ0n) is 14.3. The van der Waals surface area contributed by atoms with E-state index in [1.807, 2.05) is 0 Å². The number of alkyl halides is 3. The number of rotatable bonds is 6. The average molecular weight is 421 g/mol. The van der Waals surface area contributed by atoms with Crippen molar-refractivity contribution in [3.05, 3.63) is 64.2 Å². The van der Waals surface area contributed by atoms with Crippen molar-refractivity contribution in [2.24, 2.45) is 5.16 Å². The van der Waals surface area contributed by atoms with Crippen LogP contribution in [0.15, 0.2) is 47.6 Å². The number of anilines is 1. The molecule has 1 N–H and O–H groups in total. The lowest BCUT2D eigenvalue weighted by atomic mass is 10.1. The molecule has 0 aromatic heterocycles. The van der Waals surface area contributed by atoms with Gasteiger partial charge in [0.1, 0.15) is 6.61 Å². The summed E-state index contributed by atoms with van der Waals surface area (Å²) >= 11 is 5.79. The maximum atomic E-state index is 12.6. The van der Waals surface area contributed by atoms with Crippen molar-refractivity contribution in [1.82, 2.24) is 0 Å². The van der Waals surface area contributed by atoms with E-state index in [-0.39, 0.29) is 23.6 Å². The van der Waals surface area contributed by atoms with Crippen LogP contribution < -0.4 is 4.72 Å². The van der Waals surface area contributed by atoms with E-state index in [2.05, 4.69) is 5.16 Å². The molecular formula is C17H16ClF3N2O3S. The monoisotopic (exact) mass is 420 g/mol. The predicted molar refractivity (Wildman–Crippen MR) is 98.2 cm³/mol. The minimum atomic E-state index is -5.55. The molecule has 10 heteroatoms. The maximum Gasteiger partial charge on any atom is 0.516 e. The van der Waals surface area contributed by atoms with Crippen LogP contribution in [-0.4, -0.2) is 19.6 Å². The summed E-state index contributed by atoms with van der Waals surface area (Å²) in [6.07, 6.45) is 0. The number of hydrogen-bond donors (Lipinski definition) is 1. The van der Waals surface area contributed by atoms with Gasteiger partial charge in [-0.3, -0.25) is 4.72 Å². The average Bonchev–Trinajstić information content (AvgIpc) is 2.57. The second-order valence-corrected chi connectivity index (χ2v) is 7.79. The molecule has 2 aromatic rings. The van der Waals surface area contributed by atoms with Crippen LogP contribution in [0.25, 0.3) is 0 Å². The lowest BCUT2D eigenvalue weighted by Gasteiger charge is -2.14. The molecule has 0 aliphatic carbocycles. The van der Waals surface area contributed by atoms with E-state index >= 15 is 0 Å². The van der Waals surface area contributed by atoms with E-state index in [4.69, 9.17) is 16.4 Å². The van der Waals surface area contributed by atoms with E-state index in [9.17, 15) is 21.6 Å². The van der Waals surface area contributed by atoms with E-state index < -0.39 is 15.5 Å². The first kappa shape index (κ1) is 21.0. The highest BCUT2D eigenvalue weighted by molar-refractivity contribution is 7.93. The van der Waals surface area contributed by atoms with Crippen molar-refractivity contribution in [1.29, 1.82) is 0 Å². The van der Waals surface area contributed by atoms with Crippen LogP contribution >= 0.6 is 11.6 Å². The Kier molecular flexibility index (Phi) is 6.38. The van der Waals surface area contributed by atoms with Crippen molar-refractivity contribution in [3.63, 3.8) is 0 Å². The van der Waals surface area contributed by atoms with Crippen LogP contribution in [0.4, 0.5) is 18.9 Å². The molecule has 2 rings (SSSR count). The van der Waals surface area contributed by atoms with Crippen molar-refractivity contribution >= 4 is 33.0 Å². The summed E-state index contributed by atoms with van der Waals surface area (Å²) in [5.41, 5.74) is -3.77. The summed E-state index contributed by atoms with van der Waals surface area (Å²) in [6.45, 7) is 3.33. The number of oxime groups is 1. The number of nitrogens with one attached hydrogen (secondary N) is 1. The SMILES string of the molecule is C/C(=N\OCc1ccc(Cl)cc1)c1cc(C)ccc1NS(=O)(=O)C(F)(F)F. The first-order valence-electron chi connectivity index (χ1n) is 7.61. The van der Waals surface area contributed by atoms with Crippen LogP contribution in [0.1, 0.15) is 23.6 Å². The summed E-state index contributed by atoms with van der Waals surface area (Å²) in [5.74, 6) is 0. The zero-order valence-corrected chi connectivity index (χ0v) is 15.9. The minimum absolute atomic E-state index is 0.115. The van der Waals surface area contributed by atoms with Crippen LogP contribution in [0.5, 0.6) is 0 Å². The van der Waals surface area contributed by atoms with Gasteiger partial charge in [0.15, 0.2) is 0 Å². The number of hydrogen-bond acceptors (Lipinski definition) is 4. The molecule has 0 bridgehead atoms. The number of benzene rings is 2. The van der Waals surface area contributed by atoms with Gasteiger partial charge in [0.2, 0.25) is 0 Å². The number of sulfonamides is 1. The van der Waals surface area contributed by atoms with Gasteiger partial charge in [-0.05, 0) is 43.7 Å². The zero-order chi connectivity index (χ0) is 20.2. The molecule has 0 saturated heterocycles. The Bertz CT molecular complexity index is 943. The van der Waals surface area contributed by atoms with Gasteiger partial charge < -0.3 is 4.84 Å². The number of aryl methyl sites for hydroxylation is 1. The lowest BCUT2D eigenvalue weighted by molar-refractivity contribution is -0.0429. The molecule has 0 radical (unpaired) electrons. The Labute approximate surface area is 159 Å². The van der Waals surface area contributed by atoms with Crippen molar-refractivity contribution in [3.8, 4) is 0 Å². The van der Waals surface area contributed by atoms with Gasteiger partial charge in [0, 0.05) is 10.6 Å². The Morgan fingerprint density at radius 2 is 1.81 bits per heavy atom. The van der Waals surface area contributed by atoms with Gasteiger partial charge in [0.25, 0.3) is 0 Å². The summed E-state index contributed by atoms with van der Waals surface area (Å²) in [5, 5.41) is 4.44. The van der Waals surface area contributed by atoms with Gasteiger partial charge >= 0.3 is 15.5 Å². The fourth-order valence-corrected chi connectivity index (χ4v) is 2.79. The third kappa shape index (κ3) is 5.61. The molecular weight excluding hydrogens is 405 g/mol. The maximum absolute atomic E-state index is 12.6. The van der Waals surface area contributed by atoms with E-state index in [0.717, 1.165) is 5.56 Å². The predicted octanol–water partition coefficient (Wildman–Crippen LogP) is 4.85. The molecule has 0 aliphatic rings. The largest absolute Gasteiger partial charge is 0.516 e. The fraction of sp³-hybridized carbons (Fsp3) is 0.235. The van der Waals surface area contributed by atoms with E-state index in [1.165, 1.54) is 25.1 Å². The summed E-state index contributed by atoms with van der Waals surface area (Å²) in [4.78, 5) is 5.21. The third-order valence-corrected chi connectivity index (χ3v) is 4.81. The van der Waals surface area contributed by atoms with Gasteiger partial charge in [-0.1, -0.05) is 40.5 Å². The van der Waals surface area contributed by atoms with Crippen LogP contribution in [-0.2, 0) is 21.5 Å². The first-order chi connectivity index (χ1) is 12.5. The molecule has 0 amide bonds. The van der Waals surface area contributed by atoms with Crippen LogP contribution in [0, 0.1) is 6.92 Å². The summed E-state index contributed by atoms with van der Waals surface area (Å²) in [6, 6.07) is 11.1. The highest BCUT2D eigenvalue weighted by Gasteiger charge is 2.46. The van der Waals surface area contributed by atoms with Crippen molar-refractivity contribution in [2.45, 2.75) is 26.0 Å². The first-order valence-corrected chi connectivity index (χ1v) is 9.47. The van der Waals surface area contributed by atoms with Crippen molar-refractivity contribution < 1.29 is 26.4 Å². The molecule has 27 heavy (non-hydrogen) atoms. The molecule has 0 spiro atoms. The van der Waals surface area contributed by atoms with Crippen LogP contribution in [0.2, 0.25) is 5.02 Å². The Hall–Kier alpha value is -2.26. The highest BCUT2D eigenvalue weighted by atomic mass is 35.5. The molecule has 0 saturated carbocycles. The van der Waals surface area contributed by atoms with Gasteiger partial charge in [-0.15, -0.1) is 0 Å². The fourth-order valence-electron chi connectivity index (χ4n) is 2.08. The van der Waals surface area contributed by atoms with Crippen LogP contribution in [0.3, 0.4) is 0 Å². The highest BCUT2D eigenvalue weighted by Crippen LogP contribution is 2.28. The summed E-state index contributed by atoms with van der Waals surface area (Å²) < 4.78 is 62.2. The molecule has 146 valence electrons.